The molecule has 4 nitrogen and oxygen atoms in total. The average molecular weight is 328 g/mol. The van der Waals surface area contributed by atoms with Crippen LogP contribution in [-0.4, -0.2) is 12.3 Å². The third kappa shape index (κ3) is 4.87. The van der Waals surface area contributed by atoms with Crippen molar-refractivity contribution in [1.82, 2.24) is 0 Å². The van der Waals surface area contributed by atoms with E-state index in [0.29, 0.717) is 0 Å². The molecule has 122 valence electrons. The van der Waals surface area contributed by atoms with E-state index in [1.165, 1.54) is 24.3 Å². The van der Waals surface area contributed by atoms with Crippen LogP contribution in [0.3, 0.4) is 0 Å². The molecule has 0 fully saturated rings. The molecule has 2 aromatic rings. The number of anilines is 1. The van der Waals surface area contributed by atoms with Crippen molar-refractivity contribution in [3.8, 4) is 5.75 Å². The maximum Gasteiger partial charge on any atom is 0.573 e. The first-order valence-corrected chi connectivity index (χ1v) is 6.34. The maximum atomic E-state index is 13.7. The van der Waals surface area contributed by atoms with Gasteiger partial charge in [-0.25, -0.2) is 4.39 Å². The molecule has 8 heteroatoms. The van der Waals surface area contributed by atoms with E-state index >= 15 is 0 Å². The number of ether oxygens (including phenoxy) is 1. The molecule has 0 unspecified atom stereocenters. The SMILES string of the molecule is O=C([O-])c1ccc(CNc2cccc(OC(F)(F)F)c2)c(F)c1. The van der Waals surface area contributed by atoms with Gasteiger partial charge >= 0.3 is 6.36 Å². The zero-order valence-electron chi connectivity index (χ0n) is 11.5. The van der Waals surface area contributed by atoms with Gasteiger partial charge in [0.05, 0.1) is 5.97 Å². The van der Waals surface area contributed by atoms with Crippen LogP contribution in [0.1, 0.15) is 15.9 Å². The van der Waals surface area contributed by atoms with Crippen LogP contribution < -0.4 is 15.2 Å². The predicted octanol–water partition coefficient (Wildman–Crippen LogP) is 2.70. The minimum Gasteiger partial charge on any atom is -0.545 e. The second-order valence-corrected chi connectivity index (χ2v) is 4.52. The van der Waals surface area contributed by atoms with Crippen LogP contribution in [0.25, 0.3) is 0 Å². The molecule has 0 bridgehead atoms. The molecule has 0 amide bonds. The van der Waals surface area contributed by atoms with Crippen molar-refractivity contribution in [1.29, 1.82) is 0 Å². The van der Waals surface area contributed by atoms with Crippen molar-refractivity contribution in [3.63, 3.8) is 0 Å². The van der Waals surface area contributed by atoms with Crippen LogP contribution in [-0.2, 0) is 6.54 Å². The summed E-state index contributed by atoms with van der Waals surface area (Å²) in [7, 11) is 0. The summed E-state index contributed by atoms with van der Waals surface area (Å²) in [6.07, 6.45) is -4.80. The monoisotopic (exact) mass is 328 g/mol. The van der Waals surface area contributed by atoms with Crippen molar-refractivity contribution in [3.05, 3.63) is 59.4 Å². The fourth-order valence-electron chi connectivity index (χ4n) is 1.82. The van der Waals surface area contributed by atoms with Gasteiger partial charge in [-0.1, -0.05) is 18.2 Å². The predicted molar refractivity (Wildman–Crippen MR) is 71.2 cm³/mol. The van der Waals surface area contributed by atoms with Crippen molar-refractivity contribution < 1.29 is 32.2 Å². The lowest BCUT2D eigenvalue weighted by Crippen LogP contribution is -2.22. The van der Waals surface area contributed by atoms with Crippen LogP contribution in [0.2, 0.25) is 0 Å². The quantitative estimate of drug-likeness (QED) is 0.857. The van der Waals surface area contributed by atoms with Crippen LogP contribution in [0.5, 0.6) is 5.75 Å². The minimum atomic E-state index is -4.80. The first-order valence-electron chi connectivity index (χ1n) is 6.34. The fraction of sp³-hybridized carbons (Fsp3) is 0.133. The lowest BCUT2D eigenvalue weighted by Gasteiger charge is -2.12. The van der Waals surface area contributed by atoms with Crippen molar-refractivity contribution in [2.75, 3.05) is 5.32 Å². The lowest BCUT2D eigenvalue weighted by atomic mass is 10.1. The fourth-order valence-corrected chi connectivity index (χ4v) is 1.82. The largest absolute Gasteiger partial charge is 0.573 e. The second kappa shape index (κ2) is 6.55. The van der Waals surface area contributed by atoms with Gasteiger partial charge in [-0.05, 0) is 18.2 Å². The zero-order chi connectivity index (χ0) is 17.0. The number of alkyl halides is 3. The van der Waals surface area contributed by atoms with Gasteiger partial charge in [-0.3, -0.25) is 0 Å². The summed E-state index contributed by atoms with van der Waals surface area (Å²) < 4.78 is 53.9. The molecule has 0 radical (unpaired) electrons. The normalized spacial score (nSPS) is 11.1. The highest BCUT2D eigenvalue weighted by molar-refractivity contribution is 5.85. The molecule has 0 saturated heterocycles. The molecule has 0 heterocycles. The highest BCUT2D eigenvalue weighted by atomic mass is 19.4. The molecule has 0 aromatic heterocycles. The van der Waals surface area contributed by atoms with E-state index in [-0.39, 0.29) is 23.4 Å². The Hall–Kier alpha value is -2.77. The van der Waals surface area contributed by atoms with Crippen molar-refractivity contribution in [2.24, 2.45) is 0 Å². The number of rotatable bonds is 5. The molecular formula is C15H10F4NO3-. The number of carboxylic acid groups (broad SMARTS) is 1. The molecule has 1 N–H and O–H groups in total. The molecule has 0 aliphatic carbocycles. The third-order valence-electron chi connectivity index (χ3n) is 2.84. The number of nitrogens with one attached hydrogen (secondary N) is 1. The number of benzene rings is 2. The van der Waals surface area contributed by atoms with Gasteiger partial charge < -0.3 is 20.0 Å². The minimum absolute atomic E-state index is 0.0470. The summed E-state index contributed by atoms with van der Waals surface area (Å²) in [6, 6.07) is 8.32. The van der Waals surface area contributed by atoms with E-state index in [0.717, 1.165) is 18.2 Å². The van der Waals surface area contributed by atoms with Gasteiger partial charge in [-0.2, -0.15) is 0 Å². The van der Waals surface area contributed by atoms with Gasteiger partial charge in [0.25, 0.3) is 0 Å². The molecule has 0 spiro atoms. The number of hydrogen-bond donors (Lipinski definition) is 1. The first kappa shape index (κ1) is 16.6. The van der Waals surface area contributed by atoms with E-state index < -0.39 is 23.9 Å². The number of carbonyl (C=O) groups excluding carboxylic acids is 1. The molecule has 2 rings (SSSR count). The zero-order valence-corrected chi connectivity index (χ0v) is 11.5. The standard InChI is InChI=1S/C15H11F4NO3/c16-13-6-9(14(21)22)4-5-10(13)8-20-11-2-1-3-12(7-11)23-15(17,18)19/h1-7,20H,8H2,(H,21,22)/p-1. The topological polar surface area (TPSA) is 61.4 Å². The molecule has 0 atom stereocenters. The van der Waals surface area contributed by atoms with Gasteiger partial charge in [0.1, 0.15) is 11.6 Å². The summed E-state index contributed by atoms with van der Waals surface area (Å²) in [5.41, 5.74) is 0.138. The Morgan fingerprint density at radius 1 is 1.17 bits per heavy atom. The highest BCUT2D eigenvalue weighted by Gasteiger charge is 2.31. The highest BCUT2D eigenvalue weighted by Crippen LogP contribution is 2.25. The van der Waals surface area contributed by atoms with Crippen LogP contribution in [0.4, 0.5) is 23.2 Å². The van der Waals surface area contributed by atoms with E-state index in [1.54, 1.807) is 0 Å². The Labute approximate surface area is 128 Å². The summed E-state index contributed by atoms with van der Waals surface area (Å²) in [5.74, 6) is -2.67. The Morgan fingerprint density at radius 2 is 1.91 bits per heavy atom. The molecule has 0 aliphatic rings. The van der Waals surface area contributed by atoms with Gasteiger partial charge in [0, 0.05) is 29.4 Å². The average Bonchev–Trinajstić information content (AvgIpc) is 2.44. The Morgan fingerprint density at radius 3 is 2.52 bits per heavy atom. The molecule has 2 aromatic carbocycles. The van der Waals surface area contributed by atoms with Gasteiger partial charge in [0.2, 0.25) is 0 Å². The Bertz CT molecular complexity index is 716. The van der Waals surface area contributed by atoms with E-state index in [4.69, 9.17) is 0 Å². The molecule has 0 aliphatic heterocycles. The van der Waals surface area contributed by atoms with Crippen LogP contribution >= 0.6 is 0 Å². The van der Waals surface area contributed by atoms with E-state index in [2.05, 4.69) is 10.1 Å². The number of carbonyl (C=O) groups is 1. The smallest absolute Gasteiger partial charge is 0.545 e. The Kier molecular flexibility index (Phi) is 4.73. The number of carboxylic acids is 1. The number of hydrogen-bond acceptors (Lipinski definition) is 4. The molecule has 23 heavy (non-hydrogen) atoms. The number of halogens is 4. The van der Waals surface area contributed by atoms with Gasteiger partial charge in [0.15, 0.2) is 0 Å². The lowest BCUT2D eigenvalue weighted by molar-refractivity contribution is -0.274. The maximum absolute atomic E-state index is 13.7. The molecule has 0 saturated carbocycles. The van der Waals surface area contributed by atoms with Crippen molar-refractivity contribution in [2.45, 2.75) is 12.9 Å². The first-order chi connectivity index (χ1) is 10.7. The Balaban J connectivity index is 2.06. The molecular weight excluding hydrogens is 318 g/mol. The summed E-state index contributed by atoms with van der Waals surface area (Å²) in [5, 5.41) is 13.3. The van der Waals surface area contributed by atoms with Crippen molar-refractivity contribution >= 4 is 11.7 Å². The van der Waals surface area contributed by atoms with Crippen LogP contribution in [0, 0.1) is 5.82 Å². The van der Waals surface area contributed by atoms with Gasteiger partial charge in [-0.15, -0.1) is 13.2 Å². The van der Waals surface area contributed by atoms with E-state index in [1.807, 2.05) is 0 Å². The second-order valence-electron chi connectivity index (χ2n) is 4.52. The third-order valence-corrected chi connectivity index (χ3v) is 2.84. The summed E-state index contributed by atoms with van der Waals surface area (Å²) >= 11 is 0. The summed E-state index contributed by atoms with van der Waals surface area (Å²) in [6.45, 7) is -0.0470. The van der Waals surface area contributed by atoms with E-state index in [9.17, 15) is 27.5 Å². The van der Waals surface area contributed by atoms with Crippen LogP contribution in [0.15, 0.2) is 42.5 Å². The number of aromatic carboxylic acids is 1. The summed E-state index contributed by atoms with van der Waals surface area (Å²) in [4.78, 5) is 10.6.